The first-order valence-corrected chi connectivity index (χ1v) is 9.06. The largest absolute Gasteiger partial charge is 0.341 e. The lowest BCUT2D eigenvalue weighted by Gasteiger charge is -2.27. The van der Waals surface area contributed by atoms with Gasteiger partial charge in [-0.15, -0.1) is 0 Å². The summed E-state index contributed by atoms with van der Waals surface area (Å²) in [6.45, 7) is 3.21. The van der Waals surface area contributed by atoms with Crippen LogP contribution in [0.1, 0.15) is 50.6 Å². The van der Waals surface area contributed by atoms with Crippen molar-refractivity contribution in [3.63, 3.8) is 0 Å². The third-order valence-corrected chi connectivity index (χ3v) is 5.66. The number of hydrogen-bond acceptors (Lipinski definition) is 1. The molecule has 0 aliphatic heterocycles. The Balaban J connectivity index is 1.82. The van der Waals surface area contributed by atoms with E-state index >= 15 is 0 Å². The molecule has 0 spiro atoms. The summed E-state index contributed by atoms with van der Waals surface area (Å²) in [5.41, 5.74) is 10.6. The van der Waals surface area contributed by atoms with E-state index in [0.717, 1.165) is 6.54 Å². The molecule has 0 radical (unpaired) electrons. The van der Waals surface area contributed by atoms with Gasteiger partial charge in [0.1, 0.15) is 0 Å². The lowest BCUT2D eigenvalue weighted by molar-refractivity contribution is 0.308. The van der Waals surface area contributed by atoms with Crippen LogP contribution in [0.4, 0.5) is 0 Å². The maximum atomic E-state index is 6.64. The number of nitrogens with two attached hydrogens (primary N) is 1. The van der Waals surface area contributed by atoms with Gasteiger partial charge in [-0.2, -0.15) is 0 Å². The monoisotopic (exact) mass is 306 g/mol. The van der Waals surface area contributed by atoms with Gasteiger partial charge in [-0.1, -0.05) is 43.5 Å². The number of aromatic nitrogens is 1. The first-order chi connectivity index (χ1) is 11.3. The standard InChI is InChI=1S/C21H26N2/c1-2-23-19-11-7-6-10-17(19)18-14-16(12-13-20(18)23)21(22)15-8-4-3-5-9-15/h6-7,10-15,21H,2-5,8-9,22H2,1H3/t21-/m1/s1. The molecule has 1 aliphatic carbocycles. The Morgan fingerprint density at radius 1 is 1.00 bits per heavy atom. The van der Waals surface area contributed by atoms with E-state index in [-0.39, 0.29) is 6.04 Å². The molecule has 1 saturated carbocycles. The molecule has 0 saturated heterocycles. The van der Waals surface area contributed by atoms with Crippen molar-refractivity contribution < 1.29 is 0 Å². The summed E-state index contributed by atoms with van der Waals surface area (Å²) in [5.74, 6) is 0.653. The van der Waals surface area contributed by atoms with Crippen molar-refractivity contribution in [2.75, 3.05) is 0 Å². The van der Waals surface area contributed by atoms with E-state index in [4.69, 9.17) is 5.73 Å². The Kier molecular flexibility index (Phi) is 3.86. The molecule has 2 N–H and O–H groups in total. The molecule has 2 aromatic carbocycles. The van der Waals surface area contributed by atoms with Gasteiger partial charge in [0.15, 0.2) is 0 Å². The summed E-state index contributed by atoms with van der Waals surface area (Å²) in [7, 11) is 0. The van der Waals surface area contributed by atoms with E-state index in [1.807, 2.05) is 0 Å². The number of para-hydroxylation sites is 1. The van der Waals surface area contributed by atoms with Gasteiger partial charge in [-0.25, -0.2) is 0 Å². The van der Waals surface area contributed by atoms with Crippen molar-refractivity contribution in [3.8, 4) is 0 Å². The minimum Gasteiger partial charge on any atom is -0.341 e. The number of hydrogen-bond donors (Lipinski definition) is 1. The van der Waals surface area contributed by atoms with Gasteiger partial charge in [-0.05, 0) is 49.4 Å². The number of aryl methyl sites for hydroxylation is 1. The zero-order chi connectivity index (χ0) is 15.8. The van der Waals surface area contributed by atoms with Gasteiger partial charge in [0.2, 0.25) is 0 Å². The van der Waals surface area contributed by atoms with Crippen molar-refractivity contribution in [1.82, 2.24) is 4.57 Å². The highest BCUT2D eigenvalue weighted by Crippen LogP contribution is 2.36. The normalized spacial score (nSPS) is 17.8. The van der Waals surface area contributed by atoms with E-state index in [2.05, 4.69) is 54.0 Å². The molecule has 2 nitrogen and oxygen atoms in total. The van der Waals surface area contributed by atoms with Gasteiger partial charge in [0, 0.05) is 34.4 Å². The quantitative estimate of drug-likeness (QED) is 0.690. The van der Waals surface area contributed by atoms with Crippen LogP contribution in [-0.2, 0) is 6.54 Å². The van der Waals surface area contributed by atoms with E-state index in [1.54, 1.807) is 0 Å². The van der Waals surface area contributed by atoms with Crippen LogP contribution in [0.25, 0.3) is 21.8 Å². The first-order valence-electron chi connectivity index (χ1n) is 9.06. The van der Waals surface area contributed by atoms with Crippen LogP contribution < -0.4 is 5.73 Å². The van der Waals surface area contributed by atoms with Crippen molar-refractivity contribution in [2.24, 2.45) is 11.7 Å². The number of nitrogens with zero attached hydrogens (tertiary/aromatic N) is 1. The number of rotatable bonds is 3. The van der Waals surface area contributed by atoms with Crippen molar-refractivity contribution in [2.45, 2.75) is 51.6 Å². The smallest absolute Gasteiger partial charge is 0.0491 e. The third-order valence-electron chi connectivity index (χ3n) is 5.66. The molecule has 1 heterocycles. The van der Waals surface area contributed by atoms with Gasteiger partial charge in [-0.3, -0.25) is 0 Å². The average Bonchev–Trinajstić information content (AvgIpc) is 2.95. The fourth-order valence-corrected chi connectivity index (χ4v) is 4.38. The fourth-order valence-electron chi connectivity index (χ4n) is 4.38. The van der Waals surface area contributed by atoms with Gasteiger partial charge in [0.25, 0.3) is 0 Å². The molecule has 1 atom stereocenters. The molecule has 1 fully saturated rings. The molecule has 3 aromatic rings. The van der Waals surface area contributed by atoms with Crippen LogP contribution in [0.3, 0.4) is 0 Å². The second kappa shape index (κ2) is 6.01. The summed E-state index contributed by atoms with van der Waals surface area (Å²) in [6.07, 6.45) is 6.64. The van der Waals surface area contributed by atoms with Crippen molar-refractivity contribution >= 4 is 21.8 Å². The number of benzene rings is 2. The topological polar surface area (TPSA) is 30.9 Å². The maximum Gasteiger partial charge on any atom is 0.0491 e. The Morgan fingerprint density at radius 3 is 2.52 bits per heavy atom. The molecule has 0 unspecified atom stereocenters. The summed E-state index contributed by atoms with van der Waals surface area (Å²) >= 11 is 0. The zero-order valence-corrected chi connectivity index (χ0v) is 14.0. The van der Waals surface area contributed by atoms with Crippen LogP contribution in [-0.4, -0.2) is 4.57 Å². The predicted octanol–water partition coefficient (Wildman–Crippen LogP) is 5.39. The van der Waals surface area contributed by atoms with E-state index in [9.17, 15) is 0 Å². The molecule has 120 valence electrons. The number of fused-ring (bicyclic) bond motifs is 3. The molecule has 0 amide bonds. The van der Waals surface area contributed by atoms with Crippen molar-refractivity contribution in [1.29, 1.82) is 0 Å². The molecule has 0 bridgehead atoms. The third kappa shape index (κ3) is 2.46. The minimum absolute atomic E-state index is 0.184. The highest BCUT2D eigenvalue weighted by Gasteiger charge is 2.22. The van der Waals surface area contributed by atoms with Crippen LogP contribution >= 0.6 is 0 Å². The minimum atomic E-state index is 0.184. The van der Waals surface area contributed by atoms with Crippen LogP contribution in [0.2, 0.25) is 0 Å². The molecule has 1 aliphatic rings. The molecule has 2 heteroatoms. The lowest BCUT2D eigenvalue weighted by Crippen LogP contribution is -2.23. The molecule has 4 rings (SSSR count). The Hall–Kier alpha value is -1.80. The second-order valence-electron chi connectivity index (χ2n) is 6.96. The van der Waals surface area contributed by atoms with Crippen LogP contribution in [0.15, 0.2) is 42.5 Å². The second-order valence-corrected chi connectivity index (χ2v) is 6.96. The van der Waals surface area contributed by atoms with Crippen LogP contribution in [0.5, 0.6) is 0 Å². The molecule has 1 aromatic heterocycles. The zero-order valence-electron chi connectivity index (χ0n) is 14.0. The Bertz CT molecular complexity index is 824. The van der Waals surface area contributed by atoms with Crippen LogP contribution in [0, 0.1) is 5.92 Å². The van der Waals surface area contributed by atoms with Gasteiger partial charge >= 0.3 is 0 Å². The van der Waals surface area contributed by atoms with Gasteiger partial charge in [0.05, 0.1) is 0 Å². The van der Waals surface area contributed by atoms with E-state index in [1.165, 1.54) is 59.5 Å². The van der Waals surface area contributed by atoms with Gasteiger partial charge < -0.3 is 10.3 Å². The summed E-state index contributed by atoms with van der Waals surface area (Å²) < 4.78 is 2.40. The Labute approximate surface area is 138 Å². The van der Waals surface area contributed by atoms with Crippen molar-refractivity contribution in [3.05, 3.63) is 48.0 Å². The molecular weight excluding hydrogens is 280 g/mol. The summed E-state index contributed by atoms with van der Waals surface area (Å²) in [6, 6.07) is 15.8. The molecule has 23 heavy (non-hydrogen) atoms. The predicted molar refractivity (Wildman–Crippen MR) is 98.6 cm³/mol. The first kappa shape index (κ1) is 14.8. The lowest BCUT2D eigenvalue weighted by atomic mass is 9.81. The van der Waals surface area contributed by atoms with E-state index in [0.29, 0.717) is 5.92 Å². The summed E-state index contributed by atoms with van der Waals surface area (Å²) in [5, 5.41) is 2.70. The maximum absolute atomic E-state index is 6.64. The van der Waals surface area contributed by atoms with E-state index < -0.39 is 0 Å². The highest BCUT2D eigenvalue weighted by molar-refractivity contribution is 6.08. The molecular formula is C21H26N2. The Morgan fingerprint density at radius 2 is 1.74 bits per heavy atom. The average molecular weight is 306 g/mol. The summed E-state index contributed by atoms with van der Waals surface area (Å²) in [4.78, 5) is 0. The fraction of sp³-hybridized carbons (Fsp3) is 0.429. The SMILES string of the molecule is CCn1c2ccccc2c2cc([C@H](N)C3CCCCC3)ccc21. The highest BCUT2D eigenvalue weighted by atomic mass is 15.0.